The Hall–Kier alpha value is -1.46. The second-order valence-electron chi connectivity index (χ2n) is 5.27. The normalized spacial score (nSPS) is 11.8. The number of hydrogen-bond acceptors (Lipinski definition) is 4. The number of benzene rings is 2. The monoisotopic (exact) mass is 321 g/mol. The van der Waals surface area contributed by atoms with Crippen molar-refractivity contribution in [2.24, 2.45) is 0 Å². The van der Waals surface area contributed by atoms with Crippen LogP contribution in [0.1, 0.15) is 25.3 Å². The molecule has 0 amide bonds. The van der Waals surface area contributed by atoms with E-state index < -0.39 is 9.84 Å². The first kappa shape index (κ1) is 15.9. The van der Waals surface area contributed by atoms with Crippen LogP contribution in [0.15, 0.2) is 57.2 Å². The quantitative estimate of drug-likeness (QED) is 0.866. The summed E-state index contributed by atoms with van der Waals surface area (Å²) in [5.41, 5.74) is 7.59. The van der Waals surface area contributed by atoms with Crippen LogP contribution in [-0.4, -0.2) is 14.7 Å². The molecule has 0 spiro atoms. The molecule has 0 fully saturated rings. The van der Waals surface area contributed by atoms with Crippen LogP contribution in [-0.2, 0) is 9.84 Å². The zero-order chi connectivity index (χ0) is 15.6. The molecule has 3 nitrogen and oxygen atoms in total. The summed E-state index contributed by atoms with van der Waals surface area (Å²) in [6.45, 7) is 4.30. The van der Waals surface area contributed by atoms with E-state index in [0.717, 1.165) is 9.79 Å². The molecule has 0 aliphatic heterocycles. The lowest BCUT2D eigenvalue weighted by Gasteiger charge is -2.10. The first-order valence-electron chi connectivity index (χ1n) is 6.65. The highest BCUT2D eigenvalue weighted by molar-refractivity contribution is 7.99. The molecule has 2 rings (SSSR count). The Morgan fingerprint density at radius 3 is 2.19 bits per heavy atom. The minimum Gasteiger partial charge on any atom is -0.397 e. The highest BCUT2D eigenvalue weighted by Gasteiger charge is 2.14. The number of rotatable bonds is 4. The smallest absolute Gasteiger partial charge is 0.177 e. The van der Waals surface area contributed by atoms with Crippen molar-refractivity contribution in [3.8, 4) is 0 Å². The van der Waals surface area contributed by atoms with Gasteiger partial charge in [-0.1, -0.05) is 43.8 Å². The number of sulfone groups is 1. The Balaban J connectivity index is 2.32. The summed E-state index contributed by atoms with van der Waals surface area (Å²) in [5.74, 6) is 0.489. The van der Waals surface area contributed by atoms with Gasteiger partial charge in [-0.25, -0.2) is 8.42 Å². The van der Waals surface area contributed by atoms with E-state index >= 15 is 0 Å². The Morgan fingerprint density at radius 1 is 1.05 bits per heavy atom. The van der Waals surface area contributed by atoms with Crippen molar-refractivity contribution in [1.29, 1.82) is 0 Å². The van der Waals surface area contributed by atoms with Gasteiger partial charge in [-0.15, -0.1) is 0 Å². The minimum atomic E-state index is -3.30. The summed E-state index contributed by atoms with van der Waals surface area (Å²) in [4.78, 5) is 1.98. The minimum absolute atomic E-state index is 0.186. The first-order valence-corrected chi connectivity index (χ1v) is 9.36. The molecule has 0 aromatic heterocycles. The van der Waals surface area contributed by atoms with Gasteiger partial charge in [0.2, 0.25) is 0 Å². The lowest BCUT2D eigenvalue weighted by atomic mass is 10.0. The topological polar surface area (TPSA) is 60.2 Å². The Kier molecular flexibility index (Phi) is 4.64. The van der Waals surface area contributed by atoms with E-state index in [-0.39, 0.29) is 4.90 Å². The maximum Gasteiger partial charge on any atom is 0.177 e. The van der Waals surface area contributed by atoms with Crippen molar-refractivity contribution in [1.82, 2.24) is 0 Å². The molecule has 0 atom stereocenters. The molecule has 21 heavy (non-hydrogen) atoms. The number of hydrogen-bond donors (Lipinski definition) is 1. The van der Waals surface area contributed by atoms with Crippen LogP contribution in [0, 0.1) is 0 Å². The van der Waals surface area contributed by atoms with E-state index in [1.165, 1.54) is 29.6 Å². The Labute approximate surface area is 130 Å². The van der Waals surface area contributed by atoms with Crippen molar-refractivity contribution in [2.45, 2.75) is 34.5 Å². The molecule has 5 heteroatoms. The van der Waals surface area contributed by atoms with E-state index in [9.17, 15) is 8.42 Å². The molecule has 0 unspecified atom stereocenters. The lowest BCUT2D eigenvalue weighted by molar-refractivity contribution is 0.602. The van der Waals surface area contributed by atoms with Crippen molar-refractivity contribution >= 4 is 27.3 Å². The number of para-hydroxylation sites is 1. The number of nitrogens with two attached hydrogens (primary N) is 1. The van der Waals surface area contributed by atoms with E-state index in [2.05, 4.69) is 26.0 Å². The molecule has 0 aliphatic carbocycles. The molecule has 0 bridgehead atoms. The molecule has 0 saturated heterocycles. The molecule has 2 aromatic carbocycles. The van der Waals surface area contributed by atoms with Gasteiger partial charge in [0.05, 0.1) is 10.6 Å². The predicted molar refractivity (Wildman–Crippen MR) is 88.6 cm³/mol. The molecule has 0 radical (unpaired) electrons. The molecule has 0 aliphatic rings. The standard InChI is InChI=1S/C16H19NO2S2/c1-11(2)12-7-9-13(10-8-12)20-14-5-4-6-15(16(14)17)21(3,18)19/h4-11H,17H2,1-3H3. The highest BCUT2D eigenvalue weighted by atomic mass is 32.2. The van der Waals surface area contributed by atoms with Gasteiger partial charge in [-0.05, 0) is 35.7 Å². The molecule has 2 aromatic rings. The van der Waals surface area contributed by atoms with Crippen LogP contribution >= 0.6 is 11.8 Å². The summed E-state index contributed by atoms with van der Waals surface area (Å²) in [5, 5.41) is 0. The van der Waals surface area contributed by atoms with E-state index in [1.54, 1.807) is 6.07 Å². The summed E-state index contributed by atoms with van der Waals surface area (Å²) >= 11 is 1.48. The molecule has 0 heterocycles. The van der Waals surface area contributed by atoms with Crippen molar-refractivity contribution in [3.63, 3.8) is 0 Å². The van der Waals surface area contributed by atoms with Crippen LogP contribution in [0.3, 0.4) is 0 Å². The predicted octanol–water partition coefficient (Wildman–Crippen LogP) is 3.95. The highest BCUT2D eigenvalue weighted by Crippen LogP contribution is 2.35. The van der Waals surface area contributed by atoms with E-state index in [1.807, 2.05) is 18.2 Å². The van der Waals surface area contributed by atoms with Gasteiger partial charge < -0.3 is 5.73 Å². The average Bonchev–Trinajstić information content (AvgIpc) is 2.40. The third kappa shape index (κ3) is 3.80. The summed E-state index contributed by atoms with van der Waals surface area (Å²) < 4.78 is 23.4. The van der Waals surface area contributed by atoms with E-state index in [4.69, 9.17) is 5.73 Å². The second-order valence-corrected chi connectivity index (χ2v) is 8.37. The van der Waals surface area contributed by atoms with Gasteiger partial charge >= 0.3 is 0 Å². The summed E-state index contributed by atoms with van der Waals surface area (Å²) in [7, 11) is -3.30. The second kappa shape index (κ2) is 6.12. The van der Waals surface area contributed by atoms with Crippen molar-refractivity contribution in [3.05, 3.63) is 48.0 Å². The van der Waals surface area contributed by atoms with Crippen molar-refractivity contribution < 1.29 is 8.42 Å². The molecular formula is C16H19NO2S2. The molecule has 0 saturated carbocycles. The van der Waals surface area contributed by atoms with Gasteiger partial charge in [0, 0.05) is 16.0 Å². The zero-order valence-corrected chi connectivity index (χ0v) is 14.0. The molecule has 2 N–H and O–H groups in total. The van der Waals surface area contributed by atoms with Gasteiger partial charge in [-0.2, -0.15) is 0 Å². The largest absolute Gasteiger partial charge is 0.397 e. The van der Waals surface area contributed by atoms with Crippen molar-refractivity contribution in [2.75, 3.05) is 12.0 Å². The summed E-state index contributed by atoms with van der Waals surface area (Å²) in [6.07, 6.45) is 1.17. The molecular weight excluding hydrogens is 302 g/mol. The van der Waals surface area contributed by atoms with Crippen LogP contribution in [0.5, 0.6) is 0 Å². The Morgan fingerprint density at radius 2 is 1.67 bits per heavy atom. The maximum atomic E-state index is 11.7. The SMILES string of the molecule is CC(C)c1ccc(Sc2cccc(S(C)(=O)=O)c2N)cc1. The van der Waals surface area contributed by atoms with Crippen LogP contribution < -0.4 is 5.73 Å². The Bertz CT molecular complexity index is 735. The fraction of sp³-hybridized carbons (Fsp3) is 0.250. The first-order chi connectivity index (χ1) is 9.79. The number of nitrogen functional groups attached to an aromatic ring is 1. The fourth-order valence-electron chi connectivity index (χ4n) is 1.98. The number of anilines is 1. The van der Waals surface area contributed by atoms with E-state index in [0.29, 0.717) is 11.6 Å². The maximum absolute atomic E-state index is 11.7. The lowest BCUT2D eigenvalue weighted by Crippen LogP contribution is -2.03. The average molecular weight is 321 g/mol. The van der Waals surface area contributed by atoms with Crippen LogP contribution in [0.25, 0.3) is 0 Å². The fourth-order valence-corrected chi connectivity index (χ4v) is 3.78. The van der Waals surface area contributed by atoms with Crippen LogP contribution in [0.2, 0.25) is 0 Å². The van der Waals surface area contributed by atoms with Gasteiger partial charge in [0.1, 0.15) is 0 Å². The zero-order valence-electron chi connectivity index (χ0n) is 12.3. The van der Waals surface area contributed by atoms with Gasteiger partial charge in [0.25, 0.3) is 0 Å². The van der Waals surface area contributed by atoms with Gasteiger partial charge in [0.15, 0.2) is 9.84 Å². The third-order valence-corrected chi connectivity index (χ3v) is 5.44. The van der Waals surface area contributed by atoms with Crippen LogP contribution in [0.4, 0.5) is 5.69 Å². The third-order valence-electron chi connectivity index (χ3n) is 3.20. The molecule has 112 valence electrons. The van der Waals surface area contributed by atoms with Gasteiger partial charge in [-0.3, -0.25) is 0 Å². The summed E-state index contributed by atoms with van der Waals surface area (Å²) in [6, 6.07) is 13.3.